The zero-order valence-electron chi connectivity index (χ0n) is 17.4. The molecule has 8 heteroatoms. The molecule has 1 aliphatic rings. The number of nitrogens with zero attached hydrogens (tertiary/aromatic N) is 3. The quantitative estimate of drug-likeness (QED) is 0.640. The van der Waals surface area contributed by atoms with Gasteiger partial charge in [0.05, 0.1) is 16.8 Å². The number of carbonyl (C=O) groups is 1. The Kier molecular flexibility index (Phi) is 6.20. The van der Waals surface area contributed by atoms with Crippen LogP contribution in [0, 0.1) is 0 Å². The normalized spacial score (nSPS) is 17.4. The second kappa shape index (κ2) is 9.03. The molecular formula is C23H26N4O3S. The summed E-state index contributed by atoms with van der Waals surface area (Å²) in [5.41, 5.74) is 2.23. The van der Waals surface area contributed by atoms with E-state index in [1.807, 2.05) is 43.5 Å². The van der Waals surface area contributed by atoms with E-state index >= 15 is 0 Å². The van der Waals surface area contributed by atoms with Crippen molar-refractivity contribution in [2.45, 2.75) is 43.7 Å². The van der Waals surface area contributed by atoms with Gasteiger partial charge in [0.2, 0.25) is 10.0 Å². The van der Waals surface area contributed by atoms with Gasteiger partial charge in [-0.15, -0.1) is 0 Å². The second-order valence-corrected chi connectivity index (χ2v) is 9.69. The van der Waals surface area contributed by atoms with Crippen molar-refractivity contribution < 1.29 is 13.2 Å². The highest BCUT2D eigenvalue weighted by molar-refractivity contribution is 7.89. The average Bonchev–Trinajstić information content (AvgIpc) is 3.27. The van der Waals surface area contributed by atoms with E-state index in [1.165, 1.54) is 12.1 Å². The number of rotatable bonds is 6. The van der Waals surface area contributed by atoms with Gasteiger partial charge in [-0.1, -0.05) is 24.6 Å². The number of para-hydroxylation sites is 1. The van der Waals surface area contributed by atoms with Gasteiger partial charge in [0.15, 0.2) is 0 Å². The summed E-state index contributed by atoms with van der Waals surface area (Å²) < 4.78 is 29.2. The van der Waals surface area contributed by atoms with Crippen LogP contribution in [0.5, 0.6) is 0 Å². The highest BCUT2D eigenvalue weighted by Crippen LogP contribution is 2.25. The first-order chi connectivity index (χ1) is 14.9. The van der Waals surface area contributed by atoms with Crippen LogP contribution in [0.3, 0.4) is 0 Å². The van der Waals surface area contributed by atoms with Gasteiger partial charge in [-0.05, 0) is 56.2 Å². The molecule has 0 spiro atoms. The van der Waals surface area contributed by atoms with E-state index in [-0.39, 0.29) is 16.8 Å². The number of hydrogen-bond donors (Lipinski definition) is 1. The zero-order chi connectivity index (χ0) is 21.8. The van der Waals surface area contributed by atoms with Gasteiger partial charge in [0.1, 0.15) is 0 Å². The number of amides is 1. The van der Waals surface area contributed by atoms with E-state index in [2.05, 4.69) is 10.4 Å². The fraction of sp³-hybridized carbons (Fsp3) is 0.304. The maximum Gasteiger partial charge on any atom is 0.251 e. The lowest BCUT2D eigenvalue weighted by Gasteiger charge is -2.32. The van der Waals surface area contributed by atoms with Crippen LogP contribution in [0.15, 0.2) is 71.9 Å². The molecule has 0 radical (unpaired) electrons. The summed E-state index contributed by atoms with van der Waals surface area (Å²) in [6, 6.07) is 15.9. The maximum atomic E-state index is 12.9. The molecule has 4 rings (SSSR count). The zero-order valence-corrected chi connectivity index (χ0v) is 18.3. The van der Waals surface area contributed by atoms with Gasteiger partial charge < -0.3 is 5.32 Å². The number of sulfonamides is 1. The van der Waals surface area contributed by atoms with Crippen LogP contribution >= 0.6 is 0 Å². The fourth-order valence-corrected chi connectivity index (χ4v) is 5.50. The minimum Gasteiger partial charge on any atom is -0.348 e. The van der Waals surface area contributed by atoms with Gasteiger partial charge in [-0.2, -0.15) is 9.40 Å². The molecule has 1 amide bonds. The predicted molar refractivity (Wildman–Crippen MR) is 118 cm³/mol. The topological polar surface area (TPSA) is 84.3 Å². The van der Waals surface area contributed by atoms with Crippen LogP contribution < -0.4 is 5.32 Å². The predicted octanol–water partition coefficient (Wildman–Crippen LogP) is 3.37. The van der Waals surface area contributed by atoms with Crippen molar-refractivity contribution in [1.82, 2.24) is 19.4 Å². The Morgan fingerprint density at radius 2 is 1.84 bits per heavy atom. The van der Waals surface area contributed by atoms with Crippen molar-refractivity contribution >= 4 is 15.9 Å². The first-order valence-corrected chi connectivity index (χ1v) is 11.9. The summed E-state index contributed by atoms with van der Waals surface area (Å²) in [7, 11) is -3.54. The van der Waals surface area contributed by atoms with Gasteiger partial charge in [-0.25, -0.2) is 13.1 Å². The molecule has 1 saturated heterocycles. The molecule has 0 aliphatic carbocycles. The molecule has 3 aromatic rings. The van der Waals surface area contributed by atoms with Crippen LogP contribution in [0.4, 0.5) is 0 Å². The van der Waals surface area contributed by atoms with Crippen molar-refractivity contribution in [2.75, 3.05) is 6.54 Å². The highest BCUT2D eigenvalue weighted by Gasteiger charge is 2.30. The standard InChI is InChI=1S/C23H26N4O3S/c1-18-7-5-6-14-27(18)31(29,30)22-12-10-20(11-13-22)23(28)24-15-19-16-25-26(17-19)21-8-3-2-4-9-21/h2-4,8-13,16-18H,5-7,14-15H2,1H3,(H,24,28). The summed E-state index contributed by atoms with van der Waals surface area (Å²) in [5.74, 6) is -0.261. The number of piperidine rings is 1. The Bertz CT molecular complexity index is 1140. The highest BCUT2D eigenvalue weighted by atomic mass is 32.2. The fourth-order valence-electron chi connectivity index (χ4n) is 3.80. The number of aromatic nitrogens is 2. The van der Waals surface area contributed by atoms with E-state index in [0.717, 1.165) is 30.5 Å². The molecule has 2 aromatic carbocycles. The molecule has 1 N–H and O–H groups in total. The number of hydrogen-bond acceptors (Lipinski definition) is 4. The van der Waals surface area contributed by atoms with Crippen LogP contribution in [0.1, 0.15) is 42.1 Å². The third-order valence-electron chi connectivity index (χ3n) is 5.57. The monoisotopic (exact) mass is 438 g/mol. The maximum absolute atomic E-state index is 12.9. The molecule has 7 nitrogen and oxygen atoms in total. The largest absolute Gasteiger partial charge is 0.348 e. The molecule has 31 heavy (non-hydrogen) atoms. The summed E-state index contributed by atoms with van der Waals surface area (Å²) in [5, 5.41) is 7.18. The Labute approximate surface area is 182 Å². The summed E-state index contributed by atoms with van der Waals surface area (Å²) in [6.07, 6.45) is 6.38. The Morgan fingerprint density at radius 1 is 1.10 bits per heavy atom. The number of carbonyl (C=O) groups excluding carboxylic acids is 1. The van der Waals surface area contributed by atoms with Crippen LogP contribution in [0.25, 0.3) is 5.69 Å². The molecule has 1 aliphatic heterocycles. The number of benzene rings is 2. The van der Waals surface area contributed by atoms with Crippen LogP contribution in [-0.2, 0) is 16.6 Å². The van der Waals surface area contributed by atoms with Crippen molar-refractivity contribution in [3.05, 3.63) is 78.1 Å². The molecule has 162 valence electrons. The SMILES string of the molecule is CC1CCCCN1S(=O)(=O)c1ccc(C(=O)NCc2cnn(-c3ccccc3)c2)cc1. The van der Waals surface area contributed by atoms with E-state index in [4.69, 9.17) is 0 Å². The average molecular weight is 439 g/mol. The minimum absolute atomic E-state index is 0.00136. The van der Waals surface area contributed by atoms with Gasteiger partial charge >= 0.3 is 0 Å². The van der Waals surface area contributed by atoms with E-state index in [1.54, 1.807) is 27.3 Å². The second-order valence-electron chi connectivity index (χ2n) is 7.80. The third kappa shape index (κ3) is 4.70. The van der Waals surface area contributed by atoms with Crippen molar-refractivity contribution in [2.24, 2.45) is 0 Å². The van der Waals surface area contributed by atoms with Crippen molar-refractivity contribution in [3.8, 4) is 5.69 Å². The lowest BCUT2D eigenvalue weighted by molar-refractivity contribution is 0.0951. The van der Waals surface area contributed by atoms with Crippen LogP contribution in [0.2, 0.25) is 0 Å². The van der Waals surface area contributed by atoms with Crippen molar-refractivity contribution in [3.63, 3.8) is 0 Å². The Morgan fingerprint density at radius 3 is 2.55 bits per heavy atom. The Balaban J connectivity index is 1.39. The van der Waals surface area contributed by atoms with E-state index in [9.17, 15) is 13.2 Å². The summed E-state index contributed by atoms with van der Waals surface area (Å²) in [4.78, 5) is 12.7. The van der Waals surface area contributed by atoms with E-state index < -0.39 is 10.0 Å². The minimum atomic E-state index is -3.54. The third-order valence-corrected chi connectivity index (χ3v) is 7.60. The molecule has 1 atom stereocenters. The lowest BCUT2D eigenvalue weighted by Crippen LogP contribution is -2.41. The molecule has 1 fully saturated rings. The molecule has 2 heterocycles. The number of nitrogens with one attached hydrogen (secondary N) is 1. The molecule has 0 bridgehead atoms. The van der Waals surface area contributed by atoms with Crippen LogP contribution in [-0.4, -0.2) is 41.0 Å². The molecule has 1 aromatic heterocycles. The van der Waals surface area contributed by atoms with Gasteiger partial charge in [-0.3, -0.25) is 4.79 Å². The molecular weight excluding hydrogens is 412 g/mol. The molecule has 1 unspecified atom stereocenters. The summed E-state index contributed by atoms with van der Waals surface area (Å²) >= 11 is 0. The lowest BCUT2D eigenvalue weighted by atomic mass is 10.1. The van der Waals surface area contributed by atoms with Gasteiger partial charge in [0.25, 0.3) is 5.91 Å². The smallest absolute Gasteiger partial charge is 0.251 e. The van der Waals surface area contributed by atoms with Gasteiger partial charge in [0, 0.05) is 36.5 Å². The first kappa shape index (κ1) is 21.3. The van der Waals surface area contributed by atoms with Crippen molar-refractivity contribution in [1.29, 1.82) is 0 Å². The summed E-state index contributed by atoms with van der Waals surface area (Å²) in [6.45, 7) is 2.82. The Hall–Kier alpha value is -2.97. The van der Waals surface area contributed by atoms with E-state index in [0.29, 0.717) is 18.7 Å². The molecule has 0 saturated carbocycles. The first-order valence-electron chi connectivity index (χ1n) is 10.4.